The zero-order valence-corrected chi connectivity index (χ0v) is 8.29. The molecule has 2 N–H and O–H groups in total. The number of aliphatic hydroxyl groups excluding tert-OH is 1. The van der Waals surface area contributed by atoms with E-state index < -0.39 is 5.82 Å². The lowest BCUT2D eigenvalue weighted by molar-refractivity contribution is 0.170. The number of rotatable bonds is 4. The topological polar surface area (TPSA) is 58.0 Å². The molecule has 1 aromatic rings. The van der Waals surface area contributed by atoms with Gasteiger partial charge >= 0.3 is 0 Å². The Morgan fingerprint density at radius 2 is 2.00 bits per heavy atom. The van der Waals surface area contributed by atoms with E-state index in [1.165, 1.54) is 0 Å². The minimum absolute atomic E-state index is 0.0706. The first-order chi connectivity index (χ1) is 6.53. The molecule has 78 valence electrons. The van der Waals surface area contributed by atoms with Crippen molar-refractivity contribution in [2.24, 2.45) is 5.41 Å². The van der Waals surface area contributed by atoms with Crippen LogP contribution in [0.4, 0.5) is 10.3 Å². The van der Waals surface area contributed by atoms with Gasteiger partial charge in [-0.05, 0) is 0 Å². The van der Waals surface area contributed by atoms with Crippen LogP contribution in [0.5, 0.6) is 0 Å². The van der Waals surface area contributed by atoms with Gasteiger partial charge in [-0.1, -0.05) is 13.8 Å². The van der Waals surface area contributed by atoms with Crippen molar-refractivity contribution in [3.8, 4) is 0 Å². The fraction of sp³-hybridized carbons (Fsp3) is 0.556. The zero-order chi connectivity index (χ0) is 10.6. The fourth-order valence-electron chi connectivity index (χ4n) is 0.778. The van der Waals surface area contributed by atoms with Gasteiger partial charge in [0.25, 0.3) is 0 Å². The van der Waals surface area contributed by atoms with Gasteiger partial charge in [-0.15, -0.1) is 0 Å². The molecule has 0 spiro atoms. The lowest BCUT2D eigenvalue weighted by Gasteiger charge is -2.21. The fourth-order valence-corrected chi connectivity index (χ4v) is 0.778. The monoisotopic (exact) mass is 199 g/mol. The average Bonchev–Trinajstić information content (AvgIpc) is 2.17. The largest absolute Gasteiger partial charge is 0.396 e. The first-order valence-corrected chi connectivity index (χ1v) is 4.36. The smallest absolute Gasteiger partial charge is 0.222 e. The molecule has 0 atom stereocenters. The number of nitrogens with zero attached hydrogens (tertiary/aromatic N) is 2. The molecule has 0 saturated carbocycles. The number of halogens is 1. The molecule has 0 aliphatic heterocycles. The van der Waals surface area contributed by atoms with Crippen LogP contribution in [0.2, 0.25) is 0 Å². The van der Waals surface area contributed by atoms with E-state index in [0.717, 1.165) is 12.4 Å². The summed E-state index contributed by atoms with van der Waals surface area (Å²) in [6.07, 6.45) is 2.20. The van der Waals surface area contributed by atoms with E-state index in [1.54, 1.807) is 0 Å². The lowest BCUT2D eigenvalue weighted by Crippen LogP contribution is -2.27. The molecule has 1 heterocycles. The van der Waals surface area contributed by atoms with Crippen LogP contribution in [0.25, 0.3) is 0 Å². The number of hydrogen-bond donors (Lipinski definition) is 2. The molecule has 0 aromatic carbocycles. The molecule has 0 aliphatic carbocycles. The standard InChI is InChI=1S/C9H14FN3O/c1-9(2,6-14)5-13-8-11-3-7(10)4-12-8/h3-4,14H,5-6H2,1-2H3,(H,11,12,13). The number of hydrogen-bond acceptors (Lipinski definition) is 4. The van der Waals surface area contributed by atoms with Crippen LogP contribution >= 0.6 is 0 Å². The van der Waals surface area contributed by atoms with Crippen LogP contribution in [0.3, 0.4) is 0 Å². The van der Waals surface area contributed by atoms with E-state index >= 15 is 0 Å². The molecule has 14 heavy (non-hydrogen) atoms. The molecule has 0 aliphatic rings. The average molecular weight is 199 g/mol. The van der Waals surface area contributed by atoms with Crippen molar-refractivity contribution >= 4 is 5.95 Å². The molecule has 1 aromatic heterocycles. The summed E-state index contributed by atoms with van der Waals surface area (Å²) in [6, 6.07) is 0. The number of anilines is 1. The van der Waals surface area contributed by atoms with Crippen molar-refractivity contribution in [1.29, 1.82) is 0 Å². The van der Waals surface area contributed by atoms with Crippen molar-refractivity contribution in [1.82, 2.24) is 9.97 Å². The van der Waals surface area contributed by atoms with Crippen LogP contribution in [-0.2, 0) is 0 Å². The first-order valence-electron chi connectivity index (χ1n) is 4.36. The molecule has 0 bridgehead atoms. The molecular formula is C9H14FN3O. The minimum Gasteiger partial charge on any atom is -0.396 e. The van der Waals surface area contributed by atoms with Crippen molar-refractivity contribution < 1.29 is 9.50 Å². The van der Waals surface area contributed by atoms with Gasteiger partial charge in [0.1, 0.15) is 0 Å². The van der Waals surface area contributed by atoms with Gasteiger partial charge in [0, 0.05) is 18.6 Å². The Hall–Kier alpha value is -1.23. The highest BCUT2D eigenvalue weighted by Gasteiger charge is 2.16. The van der Waals surface area contributed by atoms with Crippen LogP contribution in [0, 0.1) is 11.2 Å². The van der Waals surface area contributed by atoms with Gasteiger partial charge in [0.15, 0.2) is 5.82 Å². The van der Waals surface area contributed by atoms with Crippen molar-refractivity contribution in [2.45, 2.75) is 13.8 Å². The summed E-state index contributed by atoms with van der Waals surface area (Å²) in [4.78, 5) is 7.47. The van der Waals surface area contributed by atoms with Gasteiger partial charge < -0.3 is 10.4 Å². The summed E-state index contributed by atoms with van der Waals surface area (Å²) in [5, 5.41) is 11.9. The second-order valence-electron chi connectivity index (χ2n) is 3.90. The number of aliphatic hydroxyl groups is 1. The molecule has 0 radical (unpaired) electrons. The zero-order valence-electron chi connectivity index (χ0n) is 8.29. The lowest BCUT2D eigenvalue weighted by atomic mass is 9.95. The molecule has 0 amide bonds. The van der Waals surface area contributed by atoms with Gasteiger partial charge in [-0.2, -0.15) is 0 Å². The molecular weight excluding hydrogens is 185 g/mol. The Bertz CT molecular complexity index is 287. The second-order valence-corrected chi connectivity index (χ2v) is 3.90. The van der Waals surface area contributed by atoms with E-state index in [4.69, 9.17) is 5.11 Å². The molecule has 5 heteroatoms. The molecule has 4 nitrogen and oxygen atoms in total. The Kier molecular flexibility index (Phi) is 3.35. The first kappa shape index (κ1) is 10.8. The number of aromatic nitrogens is 2. The van der Waals surface area contributed by atoms with Crippen molar-refractivity contribution in [3.63, 3.8) is 0 Å². The third kappa shape index (κ3) is 3.26. The minimum atomic E-state index is -0.461. The summed E-state index contributed by atoms with van der Waals surface area (Å²) in [7, 11) is 0. The van der Waals surface area contributed by atoms with Crippen LogP contribution in [0.1, 0.15) is 13.8 Å². The third-order valence-corrected chi connectivity index (χ3v) is 1.77. The Morgan fingerprint density at radius 3 is 2.50 bits per heavy atom. The molecule has 0 fully saturated rings. The van der Waals surface area contributed by atoms with E-state index in [9.17, 15) is 4.39 Å². The predicted molar refractivity (Wildman–Crippen MR) is 51.3 cm³/mol. The van der Waals surface area contributed by atoms with Crippen LogP contribution in [0.15, 0.2) is 12.4 Å². The van der Waals surface area contributed by atoms with Gasteiger partial charge in [0.2, 0.25) is 5.95 Å². The molecule has 0 unspecified atom stereocenters. The van der Waals surface area contributed by atoms with Crippen LogP contribution < -0.4 is 5.32 Å². The van der Waals surface area contributed by atoms with Gasteiger partial charge in [-0.25, -0.2) is 14.4 Å². The highest BCUT2D eigenvalue weighted by atomic mass is 19.1. The van der Waals surface area contributed by atoms with E-state index in [1.807, 2.05) is 13.8 Å². The second kappa shape index (κ2) is 4.32. The predicted octanol–water partition coefficient (Wildman–Crippen LogP) is 1.05. The summed E-state index contributed by atoms with van der Waals surface area (Å²) in [5.74, 6) is -0.0927. The van der Waals surface area contributed by atoms with Crippen LogP contribution in [-0.4, -0.2) is 28.2 Å². The summed E-state index contributed by atoms with van der Waals surface area (Å²) >= 11 is 0. The quantitative estimate of drug-likeness (QED) is 0.760. The SMILES string of the molecule is CC(C)(CO)CNc1ncc(F)cn1. The maximum Gasteiger partial charge on any atom is 0.222 e. The van der Waals surface area contributed by atoms with E-state index in [2.05, 4.69) is 15.3 Å². The van der Waals surface area contributed by atoms with Crippen molar-refractivity contribution in [3.05, 3.63) is 18.2 Å². The maximum absolute atomic E-state index is 12.4. The highest BCUT2D eigenvalue weighted by Crippen LogP contribution is 2.13. The van der Waals surface area contributed by atoms with E-state index in [0.29, 0.717) is 12.5 Å². The van der Waals surface area contributed by atoms with Crippen molar-refractivity contribution in [2.75, 3.05) is 18.5 Å². The normalized spacial score (nSPS) is 11.4. The van der Waals surface area contributed by atoms with Gasteiger partial charge in [0.05, 0.1) is 12.4 Å². The third-order valence-electron chi connectivity index (χ3n) is 1.77. The Labute approximate surface area is 82.2 Å². The van der Waals surface area contributed by atoms with E-state index in [-0.39, 0.29) is 12.0 Å². The Morgan fingerprint density at radius 1 is 1.43 bits per heavy atom. The molecule has 0 saturated heterocycles. The summed E-state index contributed by atoms with van der Waals surface area (Å²) in [6.45, 7) is 4.42. The molecule has 1 rings (SSSR count). The number of nitrogens with one attached hydrogen (secondary N) is 1. The summed E-state index contributed by atoms with van der Waals surface area (Å²) < 4.78 is 12.4. The Balaban J connectivity index is 2.50. The summed E-state index contributed by atoms with van der Waals surface area (Å²) in [5.41, 5.74) is -0.238. The van der Waals surface area contributed by atoms with Gasteiger partial charge in [-0.3, -0.25) is 0 Å². The maximum atomic E-state index is 12.4. The highest BCUT2D eigenvalue weighted by molar-refractivity contribution is 5.22.